The van der Waals surface area contributed by atoms with Gasteiger partial charge >= 0.3 is 0 Å². The van der Waals surface area contributed by atoms with Gasteiger partial charge in [-0.2, -0.15) is 10.4 Å². The van der Waals surface area contributed by atoms with E-state index in [1.807, 2.05) is 0 Å². The van der Waals surface area contributed by atoms with Crippen LogP contribution in [0.3, 0.4) is 0 Å². The lowest BCUT2D eigenvalue weighted by atomic mass is 10.00. The van der Waals surface area contributed by atoms with Gasteiger partial charge in [0, 0.05) is 19.0 Å². The van der Waals surface area contributed by atoms with E-state index in [9.17, 15) is 5.11 Å². The van der Waals surface area contributed by atoms with Gasteiger partial charge in [0.2, 0.25) is 0 Å². The molecule has 1 aliphatic carbocycles. The summed E-state index contributed by atoms with van der Waals surface area (Å²) in [6, 6.07) is 3.83. The maximum Gasteiger partial charge on any atom is 0.169 e. The molecule has 0 aromatic carbocycles. The van der Waals surface area contributed by atoms with Crippen molar-refractivity contribution in [2.45, 2.75) is 18.9 Å². The molecule has 1 aromatic heterocycles. The Labute approximate surface area is 99.7 Å². The highest BCUT2D eigenvalue weighted by atomic mass is 16.3. The number of nitriles is 1. The summed E-state index contributed by atoms with van der Waals surface area (Å²) in [5.74, 6) is 1.54. The maximum atomic E-state index is 9.86. The molecule has 1 aliphatic heterocycles. The number of hydrogen-bond donors (Lipinski definition) is 1. The van der Waals surface area contributed by atoms with Crippen LogP contribution in [0.1, 0.15) is 18.4 Å². The van der Waals surface area contributed by atoms with Crippen LogP contribution in [0.2, 0.25) is 0 Å². The second kappa shape index (κ2) is 3.97. The molecule has 88 valence electrons. The average molecular weight is 230 g/mol. The largest absolute Gasteiger partial charge is 0.393 e. The quantitative estimate of drug-likeness (QED) is 0.763. The molecule has 1 N–H and O–H groups in total. The zero-order chi connectivity index (χ0) is 11.8. The molecule has 5 nitrogen and oxygen atoms in total. The first-order valence-electron chi connectivity index (χ1n) is 5.94. The van der Waals surface area contributed by atoms with E-state index >= 15 is 0 Å². The Bertz CT molecular complexity index is 470. The van der Waals surface area contributed by atoms with Gasteiger partial charge in [-0.05, 0) is 24.8 Å². The van der Waals surface area contributed by atoms with Gasteiger partial charge in [-0.3, -0.25) is 0 Å². The first kappa shape index (κ1) is 10.5. The molecule has 5 heteroatoms. The van der Waals surface area contributed by atoms with E-state index in [4.69, 9.17) is 5.26 Å². The summed E-state index contributed by atoms with van der Waals surface area (Å²) in [4.78, 5) is 2.09. The predicted molar refractivity (Wildman–Crippen MR) is 61.2 cm³/mol. The fourth-order valence-corrected chi connectivity index (χ4v) is 3.05. The second-order valence-corrected chi connectivity index (χ2v) is 4.85. The molecule has 3 rings (SSSR count). The van der Waals surface area contributed by atoms with Crippen LogP contribution in [-0.2, 0) is 0 Å². The number of fused-ring (bicyclic) bond motifs is 1. The lowest BCUT2D eigenvalue weighted by molar-refractivity contribution is 0.133. The highest BCUT2D eigenvalue weighted by Gasteiger charge is 2.42. The van der Waals surface area contributed by atoms with E-state index in [0.717, 1.165) is 25.9 Å². The Morgan fingerprint density at radius 1 is 1.41 bits per heavy atom. The lowest BCUT2D eigenvalue weighted by Gasteiger charge is -2.19. The van der Waals surface area contributed by atoms with Crippen LogP contribution >= 0.6 is 0 Å². The fourth-order valence-electron chi connectivity index (χ4n) is 3.05. The molecule has 0 amide bonds. The van der Waals surface area contributed by atoms with Crippen LogP contribution in [0, 0.1) is 23.2 Å². The number of hydrogen-bond acceptors (Lipinski definition) is 5. The summed E-state index contributed by atoms with van der Waals surface area (Å²) in [6.45, 7) is 1.67. The molecular weight excluding hydrogens is 216 g/mol. The minimum atomic E-state index is -0.188. The Kier molecular flexibility index (Phi) is 2.45. The number of aliphatic hydroxyl groups is 1. The van der Waals surface area contributed by atoms with Gasteiger partial charge in [-0.25, -0.2) is 0 Å². The molecule has 0 spiro atoms. The van der Waals surface area contributed by atoms with Crippen LogP contribution in [0.15, 0.2) is 12.3 Å². The van der Waals surface area contributed by atoms with E-state index in [-0.39, 0.29) is 6.10 Å². The Morgan fingerprint density at radius 3 is 3.06 bits per heavy atom. The van der Waals surface area contributed by atoms with Crippen molar-refractivity contribution < 1.29 is 5.11 Å². The molecule has 1 saturated heterocycles. The minimum Gasteiger partial charge on any atom is -0.393 e. The molecule has 3 atom stereocenters. The second-order valence-electron chi connectivity index (χ2n) is 4.85. The van der Waals surface area contributed by atoms with Crippen molar-refractivity contribution in [3.63, 3.8) is 0 Å². The molecule has 17 heavy (non-hydrogen) atoms. The van der Waals surface area contributed by atoms with Gasteiger partial charge in [-0.1, -0.05) is 0 Å². The van der Waals surface area contributed by atoms with Gasteiger partial charge in [0.05, 0.1) is 17.9 Å². The van der Waals surface area contributed by atoms with Gasteiger partial charge in [0.1, 0.15) is 6.07 Å². The van der Waals surface area contributed by atoms with E-state index in [0.29, 0.717) is 23.2 Å². The number of anilines is 1. The zero-order valence-corrected chi connectivity index (χ0v) is 9.45. The van der Waals surface area contributed by atoms with Crippen LogP contribution < -0.4 is 4.90 Å². The molecule has 1 saturated carbocycles. The molecule has 2 heterocycles. The van der Waals surface area contributed by atoms with Crippen molar-refractivity contribution >= 4 is 5.82 Å². The third kappa shape index (κ3) is 1.65. The fraction of sp³-hybridized carbons (Fsp3) is 0.583. The summed E-state index contributed by atoms with van der Waals surface area (Å²) in [5, 5.41) is 26.8. The number of rotatable bonds is 1. The molecule has 0 bridgehead atoms. The van der Waals surface area contributed by atoms with Gasteiger partial charge < -0.3 is 10.0 Å². The number of aliphatic hydroxyl groups excluding tert-OH is 1. The summed E-state index contributed by atoms with van der Waals surface area (Å²) >= 11 is 0. The van der Waals surface area contributed by atoms with Crippen LogP contribution in [-0.4, -0.2) is 34.5 Å². The summed E-state index contributed by atoms with van der Waals surface area (Å²) < 4.78 is 0. The van der Waals surface area contributed by atoms with E-state index < -0.39 is 0 Å². The Morgan fingerprint density at radius 2 is 2.29 bits per heavy atom. The first-order valence-corrected chi connectivity index (χ1v) is 5.94. The third-order valence-corrected chi connectivity index (χ3v) is 3.94. The Balaban J connectivity index is 1.86. The Hall–Kier alpha value is -1.67. The lowest BCUT2D eigenvalue weighted by Crippen LogP contribution is -2.26. The smallest absolute Gasteiger partial charge is 0.169 e. The van der Waals surface area contributed by atoms with E-state index in [1.165, 1.54) is 6.20 Å². The van der Waals surface area contributed by atoms with Crippen LogP contribution in [0.4, 0.5) is 5.82 Å². The van der Waals surface area contributed by atoms with Crippen molar-refractivity contribution in [1.82, 2.24) is 10.2 Å². The van der Waals surface area contributed by atoms with Crippen molar-refractivity contribution in [2.24, 2.45) is 11.8 Å². The molecule has 1 aromatic rings. The first-order chi connectivity index (χ1) is 8.29. The number of nitrogens with zero attached hydrogens (tertiary/aromatic N) is 4. The van der Waals surface area contributed by atoms with E-state index in [2.05, 4.69) is 21.2 Å². The number of aromatic nitrogens is 2. The molecule has 0 radical (unpaired) electrons. The van der Waals surface area contributed by atoms with Gasteiger partial charge in [-0.15, -0.1) is 5.10 Å². The summed E-state index contributed by atoms with van der Waals surface area (Å²) in [6.07, 6.45) is 3.33. The third-order valence-electron chi connectivity index (χ3n) is 3.94. The molecular formula is C12H14N4O. The highest BCUT2D eigenvalue weighted by Crippen LogP contribution is 2.39. The molecule has 2 aliphatic rings. The minimum absolute atomic E-state index is 0.188. The summed E-state index contributed by atoms with van der Waals surface area (Å²) in [7, 11) is 0. The van der Waals surface area contributed by atoms with Gasteiger partial charge in [0.15, 0.2) is 5.82 Å². The normalized spacial score (nSPS) is 31.3. The monoisotopic (exact) mass is 230 g/mol. The molecule has 3 unspecified atom stereocenters. The summed E-state index contributed by atoms with van der Waals surface area (Å²) in [5.41, 5.74) is 0.564. The van der Waals surface area contributed by atoms with E-state index in [1.54, 1.807) is 6.07 Å². The topological polar surface area (TPSA) is 73.0 Å². The molecule has 2 fully saturated rings. The maximum absolute atomic E-state index is 9.86. The SMILES string of the molecule is N#Cc1ccnnc1N1CC2CCC(O)C2C1. The van der Waals surface area contributed by atoms with Crippen molar-refractivity contribution in [3.05, 3.63) is 17.8 Å². The van der Waals surface area contributed by atoms with Crippen molar-refractivity contribution in [2.75, 3.05) is 18.0 Å². The van der Waals surface area contributed by atoms with Crippen molar-refractivity contribution in [3.8, 4) is 6.07 Å². The van der Waals surface area contributed by atoms with Crippen LogP contribution in [0.25, 0.3) is 0 Å². The van der Waals surface area contributed by atoms with Gasteiger partial charge in [0.25, 0.3) is 0 Å². The highest BCUT2D eigenvalue weighted by molar-refractivity contribution is 5.53. The zero-order valence-electron chi connectivity index (χ0n) is 9.45. The average Bonchev–Trinajstić information content (AvgIpc) is 2.92. The van der Waals surface area contributed by atoms with Crippen molar-refractivity contribution in [1.29, 1.82) is 5.26 Å². The standard InChI is InChI=1S/C12H14N4O/c13-5-8-3-4-14-15-12(8)16-6-9-1-2-11(17)10(9)7-16/h3-4,9-11,17H,1-2,6-7H2. The predicted octanol–water partition coefficient (Wildman–Crippen LogP) is 0.555. The van der Waals surface area contributed by atoms with Crippen LogP contribution in [0.5, 0.6) is 0 Å².